The average molecular weight is 232 g/mol. The summed E-state index contributed by atoms with van der Waals surface area (Å²) < 4.78 is 22.7. The Morgan fingerprint density at radius 3 is 2.67 bits per heavy atom. The molecule has 0 bridgehead atoms. The number of nitrogens with one attached hydrogen (secondary N) is 2. The fourth-order valence-corrected chi connectivity index (χ4v) is 4.40. The van der Waals surface area contributed by atoms with Gasteiger partial charge in [-0.25, -0.2) is 8.42 Å². The van der Waals surface area contributed by atoms with Crippen LogP contribution in [0.4, 0.5) is 0 Å². The lowest BCUT2D eigenvalue weighted by Gasteiger charge is -2.30. The number of rotatable bonds is 4. The van der Waals surface area contributed by atoms with E-state index in [1.54, 1.807) is 0 Å². The van der Waals surface area contributed by atoms with Gasteiger partial charge in [-0.05, 0) is 45.3 Å². The Balaban J connectivity index is 1.74. The van der Waals surface area contributed by atoms with E-state index in [9.17, 15) is 8.42 Å². The van der Waals surface area contributed by atoms with Gasteiger partial charge in [-0.2, -0.15) is 0 Å². The normalized spacial score (nSPS) is 35.3. The predicted octanol–water partition coefficient (Wildman–Crippen LogP) is -0.237. The van der Waals surface area contributed by atoms with Crippen molar-refractivity contribution in [3.8, 4) is 0 Å². The van der Waals surface area contributed by atoms with Crippen LogP contribution in [0.1, 0.15) is 19.8 Å². The first-order valence-corrected chi connectivity index (χ1v) is 7.47. The first kappa shape index (κ1) is 11.4. The second kappa shape index (κ2) is 4.03. The van der Waals surface area contributed by atoms with E-state index in [1.807, 2.05) is 6.92 Å². The standard InChI is InChI=1S/C10H20N2O2S/c1-10(3-5-15(13,14)8-10)12-4-2-9-6-11-7-9/h9,11-12H,2-8H2,1H3. The molecule has 0 aromatic carbocycles. The van der Waals surface area contributed by atoms with Crippen LogP contribution in [-0.4, -0.2) is 45.1 Å². The van der Waals surface area contributed by atoms with Crippen LogP contribution in [-0.2, 0) is 9.84 Å². The molecule has 2 fully saturated rings. The average Bonchev–Trinajstić information content (AvgIpc) is 2.32. The van der Waals surface area contributed by atoms with Gasteiger partial charge < -0.3 is 10.6 Å². The minimum absolute atomic E-state index is 0.171. The van der Waals surface area contributed by atoms with Crippen LogP contribution >= 0.6 is 0 Å². The van der Waals surface area contributed by atoms with E-state index in [4.69, 9.17) is 0 Å². The van der Waals surface area contributed by atoms with Crippen LogP contribution in [0.3, 0.4) is 0 Å². The van der Waals surface area contributed by atoms with Gasteiger partial charge in [0.15, 0.2) is 9.84 Å². The van der Waals surface area contributed by atoms with E-state index in [-0.39, 0.29) is 5.54 Å². The molecule has 0 radical (unpaired) electrons. The van der Waals surface area contributed by atoms with Crippen molar-refractivity contribution in [2.24, 2.45) is 5.92 Å². The molecule has 1 atom stereocenters. The van der Waals surface area contributed by atoms with Crippen molar-refractivity contribution in [3.63, 3.8) is 0 Å². The fraction of sp³-hybridized carbons (Fsp3) is 1.00. The predicted molar refractivity (Wildman–Crippen MR) is 60.7 cm³/mol. The molecule has 0 aliphatic carbocycles. The molecule has 0 spiro atoms. The molecular formula is C10H20N2O2S. The molecule has 15 heavy (non-hydrogen) atoms. The first-order valence-electron chi connectivity index (χ1n) is 5.65. The van der Waals surface area contributed by atoms with Crippen LogP contribution < -0.4 is 10.6 Å². The van der Waals surface area contributed by atoms with Gasteiger partial charge in [0.2, 0.25) is 0 Å². The maximum Gasteiger partial charge on any atom is 0.152 e. The highest BCUT2D eigenvalue weighted by Crippen LogP contribution is 2.23. The third-order valence-corrected chi connectivity index (χ3v) is 5.38. The highest BCUT2D eigenvalue weighted by atomic mass is 32.2. The lowest BCUT2D eigenvalue weighted by Crippen LogP contribution is -2.47. The van der Waals surface area contributed by atoms with Crippen LogP contribution in [0.2, 0.25) is 0 Å². The van der Waals surface area contributed by atoms with Crippen molar-refractivity contribution >= 4 is 9.84 Å². The lowest BCUT2D eigenvalue weighted by molar-refractivity contribution is 0.300. The van der Waals surface area contributed by atoms with Crippen molar-refractivity contribution in [1.82, 2.24) is 10.6 Å². The molecule has 2 saturated heterocycles. The Hall–Kier alpha value is -0.130. The van der Waals surface area contributed by atoms with E-state index in [2.05, 4.69) is 10.6 Å². The van der Waals surface area contributed by atoms with Crippen molar-refractivity contribution < 1.29 is 8.42 Å². The zero-order valence-corrected chi connectivity index (χ0v) is 10.1. The Morgan fingerprint density at radius 2 is 2.20 bits per heavy atom. The van der Waals surface area contributed by atoms with E-state index in [1.165, 1.54) is 0 Å². The van der Waals surface area contributed by atoms with Crippen LogP contribution in [0.25, 0.3) is 0 Å². The molecule has 2 heterocycles. The topological polar surface area (TPSA) is 58.2 Å². The molecule has 2 aliphatic rings. The second-order valence-electron chi connectivity index (χ2n) is 5.14. The maximum atomic E-state index is 11.4. The smallest absolute Gasteiger partial charge is 0.152 e. The third-order valence-electron chi connectivity index (χ3n) is 3.47. The molecule has 0 amide bonds. The molecule has 2 aliphatic heterocycles. The summed E-state index contributed by atoms with van der Waals surface area (Å²) in [6.45, 7) is 5.21. The lowest BCUT2D eigenvalue weighted by atomic mass is 9.97. The third kappa shape index (κ3) is 2.92. The largest absolute Gasteiger partial charge is 0.316 e. The molecule has 0 saturated carbocycles. The van der Waals surface area contributed by atoms with Gasteiger partial charge in [0.1, 0.15) is 0 Å². The van der Waals surface area contributed by atoms with E-state index in [0.717, 1.165) is 38.4 Å². The minimum atomic E-state index is -2.77. The molecule has 2 rings (SSSR count). The van der Waals surface area contributed by atoms with Crippen molar-refractivity contribution in [2.45, 2.75) is 25.3 Å². The summed E-state index contributed by atoms with van der Waals surface area (Å²) in [5.74, 6) is 1.45. The van der Waals surface area contributed by atoms with Gasteiger partial charge in [-0.3, -0.25) is 0 Å². The Morgan fingerprint density at radius 1 is 1.47 bits per heavy atom. The van der Waals surface area contributed by atoms with Crippen molar-refractivity contribution in [1.29, 1.82) is 0 Å². The SMILES string of the molecule is CC1(NCCC2CNC2)CCS(=O)(=O)C1. The Bertz CT molecular complexity index is 324. The fourth-order valence-electron chi connectivity index (χ4n) is 2.28. The Kier molecular flexibility index (Phi) is 3.05. The summed E-state index contributed by atoms with van der Waals surface area (Å²) in [5, 5.41) is 6.64. The van der Waals surface area contributed by atoms with E-state index in [0.29, 0.717) is 11.5 Å². The summed E-state index contributed by atoms with van der Waals surface area (Å²) in [4.78, 5) is 0. The van der Waals surface area contributed by atoms with Crippen molar-refractivity contribution in [3.05, 3.63) is 0 Å². The summed E-state index contributed by atoms with van der Waals surface area (Å²) in [5.41, 5.74) is -0.171. The van der Waals surface area contributed by atoms with Crippen LogP contribution in [0.15, 0.2) is 0 Å². The second-order valence-corrected chi connectivity index (χ2v) is 7.33. The zero-order chi connectivity index (χ0) is 10.9. The van der Waals surface area contributed by atoms with Gasteiger partial charge in [0.25, 0.3) is 0 Å². The molecular weight excluding hydrogens is 212 g/mol. The van der Waals surface area contributed by atoms with Gasteiger partial charge in [0.05, 0.1) is 11.5 Å². The van der Waals surface area contributed by atoms with Crippen LogP contribution in [0, 0.1) is 5.92 Å². The van der Waals surface area contributed by atoms with Gasteiger partial charge in [-0.15, -0.1) is 0 Å². The van der Waals surface area contributed by atoms with Gasteiger partial charge >= 0.3 is 0 Å². The minimum Gasteiger partial charge on any atom is -0.316 e. The molecule has 5 heteroatoms. The van der Waals surface area contributed by atoms with Gasteiger partial charge in [-0.1, -0.05) is 0 Å². The number of hydrogen-bond acceptors (Lipinski definition) is 4. The highest BCUT2D eigenvalue weighted by molar-refractivity contribution is 7.91. The molecule has 2 N–H and O–H groups in total. The van der Waals surface area contributed by atoms with Crippen molar-refractivity contribution in [2.75, 3.05) is 31.1 Å². The quantitative estimate of drug-likeness (QED) is 0.702. The summed E-state index contributed by atoms with van der Waals surface area (Å²) in [7, 11) is -2.77. The van der Waals surface area contributed by atoms with E-state index >= 15 is 0 Å². The molecule has 0 aromatic heterocycles. The van der Waals surface area contributed by atoms with Gasteiger partial charge in [0, 0.05) is 5.54 Å². The molecule has 4 nitrogen and oxygen atoms in total. The molecule has 1 unspecified atom stereocenters. The highest BCUT2D eigenvalue weighted by Gasteiger charge is 2.37. The Labute approximate surface area is 91.7 Å². The van der Waals surface area contributed by atoms with Crippen LogP contribution in [0.5, 0.6) is 0 Å². The van der Waals surface area contributed by atoms with E-state index < -0.39 is 9.84 Å². The first-order chi connectivity index (χ1) is 6.99. The summed E-state index contributed by atoms with van der Waals surface area (Å²) >= 11 is 0. The maximum absolute atomic E-state index is 11.4. The monoisotopic (exact) mass is 232 g/mol. The number of sulfone groups is 1. The zero-order valence-electron chi connectivity index (χ0n) is 9.25. The summed E-state index contributed by atoms with van der Waals surface area (Å²) in [6.07, 6.45) is 1.92. The molecule has 0 aromatic rings. The molecule has 88 valence electrons. The summed E-state index contributed by atoms with van der Waals surface area (Å²) in [6, 6.07) is 0. The number of hydrogen-bond donors (Lipinski definition) is 2.